The molecule has 2 aromatic rings. The molecule has 0 saturated heterocycles. The van der Waals surface area contributed by atoms with Crippen molar-refractivity contribution in [1.29, 1.82) is 0 Å². The number of carbonyl (C=O) groups is 1. The van der Waals surface area contributed by atoms with E-state index in [1.807, 2.05) is 56.3 Å². The van der Waals surface area contributed by atoms with Gasteiger partial charge in [-0.15, -0.1) is 0 Å². The Bertz CT molecular complexity index is 632. The van der Waals surface area contributed by atoms with Crippen molar-refractivity contribution in [1.82, 2.24) is 0 Å². The fourth-order valence-corrected chi connectivity index (χ4v) is 2.25. The average Bonchev–Trinajstić information content (AvgIpc) is 2.43. The van der Waals surface area contributed by atoms with Gasteiger partial charge in [0.15, 0.2) is 0 Å². The van der Waals surface area contributed by atoms with E-state index in [2.05, 4.69) is 12.2 Å². The summed E-state index contributed by atoms with van der Waals surface area (Å²) in [4.78, 5) is 12.1. The van der Waals surface area contributed by atoms with Crippen molar-refractivity contribution in [3.63, 3.8) is 0 Å². The number of amides is 1. The minimum atomic E-state index is 0.0302. The summed E-state index contributed by atoms with van der Waals surface area (Å²) in [6.07, 6.45) is 0.455. The molecule has 0 aliphatic carbocycles. The quantitative estimate of drug-likeness (QED) is 0.832. The highest BCUT2D eigenvalue weighted by molar-refractivity contribution is 5.91. The van der Waals surface area contributed by atoms with Crippen molar-refractivity contribution in [2.45, 2.75) is 33.1 Å². The van der Waals surface area contributed by atoms with Crippen LogP contribution >= 0.6 is 0 Å². The Hall–Kier alpha value is -2.29. The molecular weight excluding hydrogens is 260 g/mol. The highest BCUT2D eigenvalue weighted by atomic mass is 16.1. The Labute approximate surface area is 126 Å². The number of benzene rings is 2. The number of nitrogens with two attached hydrogens (primary N) is 1. The van der Waals surface area contributed by atoms with Gasteiger partial charge in [-0.3, -0.25) is 4.79 Å². The van der Waals surface area contributed by atoms with E-state index in [1.165, 1.54) is 11.1 Å². The lowest BCUT2D eigenvalue weighted by Crippen LogP contribution is -2.14. The monoisotopic (exact) mass is 282 g/mol. The van der Waals surface area contributed by atoms with Crippen LogP contribution in [0.25, 0.3) is 0 Å². The first-order valence-corrected chi connectivity index (χ1v) is 7.18. The first-order valence-electron chi connectivity index (χ1n) is 7.18. The van der Waals surface area contributed by atoms with E-state index in [0.29, 0.717) is 6.42 Å². The summed E-state index contributed by atoms with van der Waals surface area (Å²) in [5, 5.41) is 2.96. The average molecular weight is 282 g/mol. The molecule has 0 spiro atoms. The van der Waals surface area contributed by atoms with Crippen LogP contribution in [-0.2, 0) is 4.79 Å². The molecule has 0 heterocycles. The van der Waals surface area contributed by atoms with Crippen molar-refractivity contribution < 1.29 is 4.79 Å². The van der Waals surface area contributed by atoms with Crippen LogP contribution in [0.1, 0.15) is 36.0 Å². The second kappa shape index (κ2) is 6.44. The number of nitrogens with one attached hydrogen (secondary N) is 1. The number of anilines is 2. The molecule has 0 aliphatic heterocycles. The van der Waals surface area contributed by atoms with E-state index in [4.69, 9.17) is 5.73 Å². The molecule has 0 aromatic heterocycles. The Morgan fingerprint density at radius 2 is 1.76 bits per heavy atom. The van der Waals surface area contributed by atoms with E-state index in [0.717, 1.165) is 16.9 Å². The molecule has 2 rings (SSSR count). The van der Waals surface area contributed by atoms with Gasteiger partial charge in [-0.1, -0.05) is 25.1 Å². The first-order chi connectivity index (χ1) is 9.95. The van der Waals surface area contributed by atoms with Gasteiger partial charge in [0.05, 0.1) is 0 Å². The Morgan fingerprint density at radius 1 is 1.10 bits per heavy atom. The fourth-order valence-electron chi connectivity index (χ4n) is 2.25. The van der Waals surface area contributed by atoms with Crippen molar-refractivity contribution in [3.8, 4) is 0 Å². The number of aryl methyl sites for hydroxylation is 2. The predicted octanol–water partition coefficient (Wildman–Crippen LogP) is 4.02. The summed E-state index contributed by atoms with van der Waals surface area (Å²) < 4.78 is 0. The van der Waals surface area contributed by atoms with Gasteiger partial charge < -0.3 is 11.1 Å². The predicted molar refractivity (Wildman–Crippen MR) is 88.4 cm³/mol. The minimum absolute atomic E-state index is 0.0302. The molecule has 3 N–H and O–H groups in total. The first kappa shape index (κ1) is 15.1. The third kappa shape index (κ3) is 4.09. The summed E-state index contributed by atoms with van der Waals surface area (Å²) in [5.74, 6) is 0.194. The molecule has 3 nitrogen and oxygen atoms in total. The minimum Gasteiger partial charge on any atom is -0.399 e. The van der Waals surface area contributed by atoms with Crippen LogP contribution in [-0.4, -0.2) is 5.91 Å². The summed E-state index contributed by atoms with van der Waals surface area (Å²) in [6.45, 7) is 6.15. The van der Waals surface area contributed by atoms with Gasteiger partial charge in [-0.25, -0.2) is 0 Å². The van der Waals surface area contributed by atoms with Crippen LogP contribution in [0.2, 0.25) is 0 Å². The zero-order valence-electron chi connectivity index (χ0n) is 12.8. The maximum absolute atomic E-state index is 12.1. The van der Waals surface area contributed by atoms with Crippen LogP contribution < -0.4 is 11.1 Å². The molecule has 0 radical (unpaired) electrons. The second-order valence-electron chi connectivity index (χ2n) is 5.62. The standard InChI is InChI=1S/C18H22N2O/c1-12-4-9-17(10-13(12)2)20-18(21)11-14(3)15-5-7-16(19)8-6-15/h4-10,14H,11,19H2,1-3H3,(H,20,21). The molecule has 110 valence electrons. The molecule has 1 atom stereocenters. The largest absolute Gasteiger partial charge is 0.399 e. The zero-order chi connectivity index (χ0) is 15.4. The highest BCUT2D eigenvalue weighted by Crippen LogP contribution is 2.21. The number of hydrogen-bond acceptors (Lipinski definition) is 2. The van der Waals surface area contributed by atoms with Crippen molar-refractivity contribution in [3.05, 3.63) is 59.2 Å². The highest BCUT2D eigenvalue weighted by Gasteiger charge is 2.11. The molecule has 1 amide bonds. The molecule has 0 fully saturated rings. The van der Waals surface area contributed by atoms with E-state index in [-0.39, 0.29) is 11.8 Å². The lowest BCUT2D eigenvalue weighted by Gasteiger charge is -2.13. The van der Waals surface area contributed by atoms with Gasteiger partial charge in [0.25, 0.3) is 0 Å². The van der Waals surface area contributed by atoms with Crippen LogP contribution in [0.3, 0.4) is 0 Å². The molecule has 21 heavy (non-hydrogen) atoms. The van der Waals surface area contributed by atoms with Crippen molar-refractivity contribution in [2.24, 2.45) is 0 Å². The van der Waals surface area contributed by atoms with E-state index < -0.39 is 0 Å². The van der Waals surface area contributed by atoms with Gasteiger partial charge in [-0.05, 0) is 60.7 Å². The van der Waals surface area contributed by atoms with Gasteiger partial charge in [-0.2, -0.15) is 0 Å². The van der Waals surface area contributed by atoms with Gasteiger partial charge in [0.2, 0.25) is 5.91 Å². The van der Waals surface area contributed by atoms with Crippen LogP contribution in [0.4, 0.5) is 11.4 Å². The number of hydrogen-bond donors (Lipinski definition) is 2. The van der Waals surface area contributed by atoms with Crippen molar-refractivity contribution in [2.75, 3.05) is 11.1 Å². The van der Waals surface area contributed by atoms with Gasteiger partial charge in [0, 0.05) is 17.8 Å². The number of rotatable bonds is 4. The molecular formula is C18H22N2O. The fraction of sp³-hybridized carbons (Fsp3) is 0.278. The summed E-state index contributed by atoms with van der Waals surface area (Å²) in [7, 11) is 0. The molecule has 1 unspecified atom stereocenters. The van der Waals surface area contributed by atoms with E-state index >= 15 is 0 Å². The third-order valence-corrected chi connectivity index (χ3v) is 3.79. The smallest absolute Gasteiger partial charge is 0.224 e. The maximum Gasteiger partial charge on any atom is 0.224 e. The Balaban J connectivity index is 1.97. The van der Waals surface area contributed by atoms with Gasteiger partial charge >= 0.3 is 0 Å². The van der Waals surface area contributed by atoms with Crippen molar-refractivity contribution >= 4 is 17.3 Å². The third-order valence-electron chi connectivity index (χ3n) is 3.79. The topological polar surface area (TPSA) is 55.1 Å². The van der Waals surface area contributed by atoms with Gasteiger partial charge in [0.1, 0.15) is 0 Å². The molecule has 2 aromatic carbocycles. The van der Waals surface area contributed by atoms with E-state index in [1.54, 1.807) is 0 Å². The van der Waals surface area contributed by atoms with Crippen LogP contribution in [0, 0.1) is 13.8 Å². The lowest BCUT2D eigenvalue weighted by molar-refractivity contribution is -0.116. The Kier molecular flexibility index (Phi) is 4.63. The maximum atomic E-state index is 12.1. The van der Waals surface area contributed by atoms with Crippen LogP contribution in [0.5, 0.6) is 0 Å². The molecule has 3 heteroatoms. The van der Waals surface area contributed by atoms with E-state index in [9.17, 15) is 4.79 Å². The molecule has 0 bridgehead atoms. The van der Waals surface area contributed by atoms with Crippen LogP contribution in [0.15, 0.2) is 42.5 Å². The normalized spacial score (nSPS) is 12.0. The molecule has 0 saturated carbocycles. The lowest BCUT2D eigenvalue weighted by atomic mass is 9.97. The second-order valence-corrected chi connectivity index (χ2v) is 5.62. The summed E-state index contributed by atoms with van der Waals surface area (Å²) in [6, 6.07) is 13.6. The SMILES string of the molecule is Cc1ccc(NC(=O)CC(C)c2ccc(N)cc2)cc1C. The number of carbonyl (C=O) groups excluding carboxylic acids is 1. The zero-order valence-corrected chi connectivity index (χ0v) is 12.8. The summed E-state index contributed by atoms with van der Waals surface area (Å²) >= 11 is 0. The number of nitrogen functional groups attached to an aromatic ring is 1. The summed E-state index contributed by atoms with van der Waals surface area (Å²) in [5.41, 5.74) is 10.8. The Morgan fingerprint density at radius 3 is 2.38 bits per heavy atom. The molecule has 0 aliphatic rings.